The molecule has 0 saturated carbocycles. The minimum absolute atomic E-state index is 0.0214. The Hall–Kier alpha value is -7.29. The number of nitrogens with one attached hydrogen (secondary N) is 2. The van der Waals surface area contributed by atoms with Gasteiger partial charge in [-0.1, -0.05) is 79.4 Å². The van der Waals surface area contributed by atoms with E-state index in [1.54, 1.807) is 52.1 Å². The molecule has 0 aromatic heterocycles. The molecule has 1 saturated heterocycles. The summed E-state index contributed by atoms with van der Waals surface area (Å²) >= 11 is 0. The highest BCUT2D eigenvalue weighted by Crippen LogP contribution is 2.44. The van der Waals surface area contributed by atoms with Crippen LogP contribution in [-0.4, -0.2) is 91.1 Å². The SMILES string of the molecule is C=CC(=O)OCC(C)(C)C(=O)C(=O)N1CCCC[C@H]1C(=O)O[C@H](CCc1ccc(C)c(OC)c1)c1cccc(NC(=O)[C@H](CC(=O)OC(C)(C)C)NC(=O)OCC2c3ccccc3-c3ccccc32)c1. The van der Waals surface area contributed by atoms with E-state index in [9.17, 15) is 33.6 Å². The van der Waals surface area contributed by atoms with Crippen molar-refractivity contribution in [2.24, 2.45) is 5.41 Å². The van der Waals surface area contributed by atoms with Crippen LogP contribution in [0.3, 0.4) is 0 Å². The van der Waals surface area contributed by atoms with Gasteiger partial charge in [0.1, 0.15) is 42.8 Å². The number of piperidine rings is 1. The van der Waals surface area contributed by atoms with Crippen LogP contribution < -0.4 is 15.4 Å². The molecule has 370 valence electrons. The summed E-state index contributed by atoms with van der Waals surface area (Å²) in [6, 6.07) is 25.7. The monoisotopic (exact) mass is 957 g/mol. The second-order valence-corrected chi connectivity index (χ2v) is 19.2. The van der Waals surface area contributed by atoms with Gasteiger partial charge in [-0.3, -0.25) is 19.2 Å². The molecule has 0 unspecified atom stereocenters. The highest BCUT2D eigenvalue weighted by Gasteiger charge is 2.43. The van der Waals surface area contributed by atoms with E-state index in [0.29, 0.717) is 30.6 Å². The maximum Gasteiger partial charge on any atom is 0.407 e. The van der Waals surface area contributed by atoms with Crippen molar-refractivity contribution in [2.75, 3.05) is 32.2 Å². The van der Waals surface area contributed by atoms with Crippen LogP contribution in [-0.2, 0) is 54.1 Å². The third-order valence-corrected chi connectivity index (χ3v) is 12.3. The number of ketones is 1. The minimum Gasteiger partial charge on any atom is -0.496 e. The number of ether oxygens (including phenoxy) is 5. The molecule has 4 aromatic rings. The van der Waals surface area contributed by atoms with Gasteiger partial charge in [-0.25, -0.2) is 14.4 Å². The predicted octanol–water partition coefficient (Wildman–Crippen LogP) is 8.50. The minimum atomic E-state index is -1.42. The first-order chi connectivity index (χ1) is 33.3. The molecular formula is C55H63N3O12. The number of hydrogen-bond donors (Lipinski definition) is 2. The number of fused-ring (bicyclic) bond motifs is 3. The van der Waals surface area contributed by atoms with Crippen LogP contribution in [0.25, 0.3) is 11.1 Å². The Bertz CT molecular complexity index is 2570. The lowest BCUT2D eigenvalue weighted by Gasteiger charge is -2.36. The Kier molecular flexibility index (Phi) is 17.0. The topological polar surface area (TPSA) is 193 Å². The van der Waals surface area contributed by atoms with E-state index in [1.807, 2.05) is 73.7 Å². The zero-order valence-corrected chi connectivity index (χ0v) is 41.0. The van der Waals surface area contributed by atoms with E-state index in [2.05, 4.69) is 17.2 Å². The Morgan fingerprint density at radius 1 is 0.843 bits per heavy atom. The molecule has 3 amide bonds. The number of esters is 3. The first-order valence-electron chi connectivity index (χ1n) is 23.5. The number of alkyl carbamates (subject to hydrolysis) is 1. The number of aryl methyl sites for hydroxylation is 2. The number of hydrogen-bond acceptors (Lipinski definition) is 12. The molecule has 15 nitrogen and oxygen atoms in total. The van der Waals surface area contributed by atoms with E-state index in [1.165, 1.54) is 18.7 Å². The Labute approximate surface area is 409 Å². The average Bonchev–Trinajstić information content (AvgIpc) is 3.66. The number of carbonyl (C=O) groups is 7. The first-order valence-corrected chi connectivity index (χ1v) is 23.5. The maximum atomic E-state index is 14.3. The predicted molar refractivity (Wildman–Crippen MR) is 262 cm³/mol. The van der Waals surface area contributed by atoms with E-state index in [-0.39, 0.29) is 44.2 Å². The fourth-order valence-corrected chi connectivity index (χ4v) is 8.63. The molecule has 0 bridgehead atoms. The van der Waals surface area contributed by atoms with Gasteiger partial charge >= 0.3 is 24.0 Å². The van der Waals surface area contributed by atoms with Gasteiger partial charge in [0.25, 0.3) is 5.91 Å². The lowest BCUT2D eigenvalue weighted by atomic mass is 9.87. The van der Waals surface area contributed by atoms with Crippen molar-refractivity contribution in [3.05, 3.63) is 131 Å². The third kappa shape index (κ3) is 13.3. The number of anilines is 1. The molecule has 3 atom stereocenters. The van der Waals surface area contributed by atoms with Gasteiger partial charge in [-0.2, -0.15) is 0 Å². The van der Waals surface area contributed by atoms with Crippen molar-refractivity contribution in [1.82, 2.24) is 10.2 Å². The molecule has 1 heterocycles. The zero-order chi connectivity index (χ0) is 50.8. The molecule has 0 radical (unpaired) electrons. The van der Waals surface area contributed by atoms with Gasteiger partial charge in [0, 0.05) is 24.2 Å². The molecule has 0 spiro atoms. The van der Waals surface area contributed by atoms with Crippen molar-refractivity contribution in [2.45, 2.75) is 110 Å². The highest BCUT2D eigenvalue weighted by atomic mass is 16.6. The maximum absolute atomic E-state index is 14.3. The Balaban J connectivity index is 1.21. The quantitative estimate of drug-likeness (QED) is 0.0395. The largest absolute Gasteiger partial charge is 0.496 e. The number of methoxy groups -OCH3 is 1. The van der Waals surface area contributed by atoms with E-state index >= 15 is 0 Å². The summed E-state index contributed by atoms with van der Waals surface area (Å²) in [5, 5.41) is 5.40. The van der Waals surface area contributed by atoms with Crippen LogP contribution >= 0.6 is 0 Å². The van der Waals surface area contributed by atoms with Crippen molar-refractivity contribution < 1.29 is 57.2 Å². The summed E-state index contributed by atoms with van der Waals surface area (Å²) in [7, 11) is 1.58. The van der Waals surface area contributed by atoms with Gasteiger partial charge in [0.2, 0.25) is 11.7 Å². The van der Waals surface area contributed by atoms with E-state index in [4.69, 9.17) is 23.7 Å². The standard InChI is InChI=1S/C55H63N3O12/c1-9-47(59)68-33-55(6,7)49(61)51(63)58-28-15-14-23-44(58)52(64)69-45(27-26-35-25-24-34(2)46(29-35)66-8)36-17-16-18-37(30-36)56-50(62)43(31-48(60)70-54(3,4)5)57-53(65)67-32-42-40-21-12-10-19-38(40)39-20-11-13-22-41(39)42/h9-13,16-22,24-25,29-30,42-45H,1,14-15,23,26-28,31-33H2,2-8H3,(H,56,62)(H,57,65)/t43-,44-,45+/m0/s1. The summed E-state index contributed by atoms with van der Waals surface area (Å²) in [6.45, 7) is 13.1. The van der Waals surface area contributed by atoms with Crippen LogP contribution in [0.4, 0.5) is 10.5 Å². The second kappa shape index (κ2) is 22.9. The third-order valence-electron chi connectivity index (χ3n) is 12.3. The normalized spacial score (nSPS) is 15.2. The molecule has 2 aliphatic rings. The number of nitrogens with zero attached hydrogens (tertiary/aromatic N) is 1. The lowest BCUT2D eigenvalue weighted by molar-refractivity contribution is -0.165. The van der Waals surface area contributed by atoms with Gasteiger partial charge in [-0.05, 0) is 131 Å². The first kappa shape index (κ1) is 52.1. The van der Waals surface area contributed by atoms with Crippen molar-refractivity contribution in [3.63, 3.8) is 0 Å². The summed E-state index contributed by atoms with van der Waals surface area (Å²) in [6.07, 6.45) is 0.722. The number of Topliss-reactive ketones (excluding diaryl/α,β-unsaturated/α-hetero) is 1. The second-order valence-electron chi connectivity index (χ2n) is 19.2. The number of amides is 3. The summed E-state index contributed by atoms with van der Waals surface area (Å²) < 4.78 is 28.2. The lowest BCUT2D eigenvalue weighted by Crippen LogP contribution is -2.53. The fraction of sp³-hybridized carbons (Fsp3) is 0.400. The van der Waals surface area contributed by atoms with Gasteiger partial charge in [-0.15, -0.1) is 0 Å². The van der Waals surface area contributed by atoms with Crippen LogP contribution in [0.1, 0.15) is 107 Å². The number of likely N-dealkylation sites (tertiary alicyclic amines) is 1. The van der Waals surface area contributed by atoms with Crippen molar-refractivity contribution in [3.8, 4) is 16.9 Å². The molecule has 2 N–H and O–H groups in total. The molecule has 1 fully saturated rings. The van der Waals surface area contributed by atoms with Gasteiger partial charge in [0.15, 0.2) is 0 Å². The van der Waals surface area contributed by atoms with Crippen LogP contribution in [0.5, 0.6) is 5.75 Å². The zero-order valence-electron chi connectivity index (χ0n) is 41.0. The number of benzene rings is 4. The van der Waals surface area contributed by atoms with E-state index < -0.39 is 77.2 Å². The molecule has 1 aliphatic carbocycles. The Morgan fingerprint density at radius 2 is 1.53 bits per heavy atom. The molecule has 15 heteroatoms. The van der Waals surface area contributed by atoms with Crippen LogP contribution in [0.15, 0.2) is 104 Å². The molecule has 4 aromatic carbocycles. The van der Waals surface area contributed by atoms with Crippen molar-refractivity contribution >= 4 is 47.3 Å². The Morgan fingerprint density at radius 3 is 2.19 bits per heavy atom. The fourth-order valence-electron chi connectivity index (χ4n) is 8.63. The number of carbonyl (C=O) groups excluding carboxylic acids is 7. The molecule has 6 rings (SSSR count). The molecule has 1 aliphatic heterocycles. The van der Waals surface area contributed by atoms with E-state index in [0.717, 1.165) is 39.5 Å². The summed E-state index contributed by atoms with van der Waals surface area (Å²) in [5.74, 6) is -4.19. The van der Waals surface area contributed by atoms with Crippen molar-refractivity contribution in [1.29, 1.82) is 0 Å². The summed E-state index contributed by atoms with van der Waals surface area (Å²) in [5.41, 5.74) is 4.45. The summed E-state index contributed by atoms with van der Waals surface area (Å²) in [4.78, 5) is 95.5. The average molecular weight is 958 g/mol. The smallest absolute Gasteiger partial charge is 0.407 e. The van der Waals surface area contributed by atoms with Crippen LogP contribution in [0.2, 0.25) is 0 Å². The van der Waals surface area contributed by atoms with Gasteiger partial charge in [0.05, 0.1) is 18.9 Å². The molecule has 70 heavy (non-hydrogen) atoms. The van der Waals surface area contributed by atoms with Gasteiger partial charge < -0.3 is 39.2 Å². The number of rotatable bonds is 19. The molecular weight excluding hydrogens is 895 g/mol. The van der Waals surface area contributed by atoms with Crippen LogP contribution in [0, 0.1) is 12.3 Å². The highest BCUT2D eigenvalue weighted by molar-refractivity contribution is 6.38.